The highest BCUT2D eigenvalue weighted by atomic mass is 16.6. The van der Waals surface area contributed by atoms with E-state index in [4.69, 9.17) is 14.2 Å². The largest absolute Gasteiger partial charge is 0.493 e. The van der Waals surface area contributed by atoms with Crippen molar-refractivity contribution in [3.8, 4) is 17.6 Å². The Morgan fingerprint density at radius 1 is 1.26 bits per heavy atom. The molecule has 2 N–H and O–H groups in total. The highest BCUT2D eigenvalue weighted by Gasteiger charge is 2.23. The third-order valence-electron chi connectivity index (χ3n) is 5.10. The van der Waals surface area contributed by atoms with Crippen molar-refractivity contribution in [1.29, 1.82) is 5.26 Å². The zero-order valence-electron chi connectivity index (χ0n) is 18.4. The van der Waals surface area contributed by atoms with E-state index >= 15 is 0 Å². The van der Waals surface area contributed by atoms with Gasteiger partial charge in [0.1, 0.15) is 11.6 Å². The number of methoxy groups -OCH3 is 2. The Labute approximate surface area is 182 Å². The van der Waals surface area contributed by atoms with Crippen LogP contribution in [0.15, 0.2) is 30.0 Å². The number of nitrogens with zero attached hydrogens (tertiary/aromatic N) is 2. The Bertz CT molecular complexity index is 841. The maximum atomic E-state index is 12.6. The summed E-state index contributed by atoms with van der Waals surface area (Å²) < 4.78 is 15.5. The van der Waals surface area contributed by atoms with Crippen molar-refractivity contribution in [1.82, 2.24) is 15.5 Å². The molecule has 1 aromatic rings. The first-order chi connectivity index (χ1) is 14.9. The summed E-state index contributed by atoms with van der Waals surface area (Å²) in [6.45, 7) is 5.08. The number of piperidine rings is 1. The lowest BCUT2D eigenvalue weighted by Gasteiger charge is -2.31. The number of ether oxygens (including phenoxy) is 3. The summed E-state index contributed by atoms with van der Waals surface area (Å²) in [6, 6.07) is 7.06. The monoisotopic (exact) mass is 430 g/mol. The zero-order chi connectivity index (χ0) is 22.8. The highest BCUT2D eigenvalue weighted by molar-refractivity contribution is 5.97. The number of likely N-dealkylation sites (tertiary alicyclic amines) is 1. The Hall–Kier alpha value is -3.41. The van der Waals surface area contributed by atoms with Crippen molar-refractivity contribution in [2.24, 2.45) is 0 Å². The molecule has 0 radical (unpaired) electrons. The van der Waals surface area contributed by atoms with Gasteiger partial charge in [-0.15, -0.1) is 0 Å². The zero-order valence-corrected chi connectivity index (χ0v) is 18.4. The molecule has 1 unspecified atom stereocenters. The van der Waals surface area contributed by atoms with E-state index in [1.807, 2.05) is 19.1 Å². The van der Waals surface area contributed by atoms with Crippen LogP contribution in [0.3, 0.4) is 0 Å². The molecule has 2 amide bonds. The van der Waals surface area contributed by atoms with Gasteiger partial charge in [-0.25, -0.2) is 4.79 Å². The van der Waals surface area contributed by atoms with Crippen LogP contribution in [0.5, 0.6) is 11.5 Å². The van der Waals surface area contributed by atoms with E-state index in [1.165, 1.54) is 6.20 Å². The van der Waals surface area contributed by atoms with Crippen LogP contribution in [0.1, 0.15) is 38.3 Å². The minimum Gasteiger partial charge on any atom is -0.493 e. The van der Waals surface area contributed by atoms with Crippen molar-refractivity contribution in [2.45, 2.75) is 38.8 Å². The van der Waals surface area contributed by atoms with Gasteiger partial charge in [0.15, 0.2) is 11.5 Å². The summed E-state index contributed by atoms with van der Waals surface area (Å²) in [5, 5.41) is 15.4. The normalized spacial score (nSPS) is 15.5. The molecule has 1 heterocycles. The molecule has 0 spiro atoms. The standard InChI is InChI=1S/C22H30N4O5/c1-5-31-22(28)26-10-8-18(9-11-26)24-14-17(13-23)21(27)25-15(2)16-6-7-19(29-3)20(12-16)30-4/h6-7,12,14-15,18,24H,5,8-11H2,1-4H3,(H,25,27)/b17-14-. The second-order valence-corrected chi connectivity index (χ2v) is 7.11. The van der Waals surface area contributed by atoms with E-state index in [1.54, 1.807) is 38.2 Å². The number of rotatable bonds is 8. The van der Waals surface area contributed by atoms with Crippen molar-refractivity contribution < 1.29 is 23.8 Å². The van der Waals surface area contributed by atoms with Gasteiger partial charge in [0.05, 0.1) is 26.9 Å². The Morgan fingerprint density at radius 3 is 2.52 bits per heavy atom. The molecule has 1 aromatic carbocycles. The summed E-state index contributed by atoms with van der Waals surface area (Å²) in [6.07, 6.45) is 2.55. The Balaban J connectivity index is 1.92. The molecular formula is C22H30N4O5. The number of carbonyl (C=O) groups excluding carboxylic acids is 2. The van der Waals surface area contributed by atoms with E-state index in [2.05, 4.69) is 10.6 Å². The molecule has 1 aliphatic heterocycles. The quantitative estimate of drug-likeness (QED) is 0.481. The van der Waals surface area contributed by atoms with E-state index < -0.39 is 5.91 Å². The van der Waals surface area contributed by atoms with Crippen LogP contribution in [0.25, 0.3) is 0 Å². The first-order valence-electron chi connectivity index (χ1n) is 10.2. The van der Waals surface area contributed by atoms with Crippen molar-refractivity contribution >= 4 is 12.0 Å². The first kappa shape index (κ1) is 23.9. The molecule has 9 heteroatoms. The average Bonchev–Trinajstić information content (AvgIpc) is 2.79. The molecule has 1 aliphatic rings. The fraction of sp³-hybridized carbons (Fsp3) is 0.500. The molecule has 31 heavy (non-hydrogen) atoms. The average molecular weight is 431 g/mol. The van der Waals surface area contributed by atoms with Gasteiger partial charge in [-0.3, -0.25) is 4.79 Å². The number of hydrogen-bond donors (Lipinski definition) is 2. The molecule has 0 aromatic heterocycles. The fourth-order valence-corrected chi connectivity index (χ4v) is 3.27. The van der Waals surface area contributed by atoms with Gasteiger partial charge < -0.3 is 29.7 Å². The summed E-state index contributed by atoms with van der Waals surface area (Å²) in [5.41, 5.74) is 0.808. The molecule has 0 saturated carbocycles. The number of benzene rings is 1. The van der Waals surface area contributed by atoms with Gasteiger partial charge in [-0.2, -0.15) is 5.26 Å². The van der Waals surface area contributed by atoms with Crippen molar-refractivity contribution in [2.75, 3.05) is 33.9 Å². The molecule has 1 saturated heterocycles. The number of nitrogens with one attached hydrogen (secondary N) is 2. The number of amides is 2. The molecular weight excluding hydrogens is 400 g/mol. The predicted octanol–water partition coefficient (Wildman–Crippen LogP) is 2.50. The summed E-state index contributed by atoms with van der Waals surface area (Å²) >= 11 is 0. The van der Waals surface area contributed by atoms with Crippen LogP contribution >= 0.6 is 0 Å². The van der Waals surface area contributed by atoms with E-state index in [-0.39, 0.29) is 23.8 Å². The lowest BCUT2D eigenvalue weighted by Crippen LogP contribution is -2.44. The highest BCUT2D eigenvalue weighted by Crippen LogP contribution is 2.29. The fourth-order valence-electron chi connectivity index (χ4n) is 3.27. The summed E-state index contributed by atoms with van der Waals surface area (Å²) in [7, 11) is 3.10. The van der Waals surface area contributed by atoms with Gasteiger partial charge in [-0.05, 0) is 44.4 Å². The summed E-state index contributed by atoms with van der Waals surface area (Å²) in [4.78, 5) is 26.0. The second-order valence-electron chi connectivity index (χ2n) is 7.11. The van der Waals surface area contributed by atoms with E-state index in [0.29, 0.717) is 44.0 Å². The third kappa shape index (κ3) is 6.54. The predicted molar refractivity (Wildman–Crippen MR) is 115 cm³/mol. The molecule has 1 fully saturated rings. The maximum Gasteiger partial charge on any atom is 0.409 e. The number of nitriles is 1. The van der Waals surface area contributed by atoms with Gasteiger partial charge in [0.25, 0.3) is 5.91 Å². The molecule has 9 nitrogen and oxygen atoms in total. The first-order valence-corrected chi connectivity index (χ1v) is 10.2. The Kier molecular flexibility index (Phi) is 9.00. The minimum absolute atomic E-state index is 0.0138. The Morgan fingerprint density at radius 2 is 1.94 bits per heavy atom. The van der Waals surface area contributed by atoms with Crippen LogP contribution in [-0.2, 0) is 9.53 Å². The summed E-state index contributed by atoms with van der Waals surface area (Å²) in [5.74, 6) is 0.690. The molecule has 168 valence electrons. The van der Waals surface area contributed by atoms with Crippen LogP contribution < -0.4 is 20.1 Å². The smallest absolute Gasteiger partial charge is 0.409 e. The lowest BCUT2D eigenvalue weighted by atomic mass is 10.1. The van der Waals surface area contributed by atoms with Crippen LogP contribution in [0.2, 0.25) is 0 Å². The maximum absolute atomic E-state index is 12.6. The van der Waals surface area contributed by atoms with Gasteiger partial charge in [-0.1, -0.05) is 6.07 Å². The van der Waals surface area contributed by atoms with Gasteiger partial charge >= 0.3 is 6.09 Å². The number of carbonyl (C=O) groups is 2. The van der Waals surface area contributed by atoms with Crippen molar-refractivity contribution in [3.05, 3.63) is 35.5 Å². The van der Waals surface area contributed by atoms with Crippen LogP contribution in [0.4, 0.5) is 4.79 Å². The minimum atomic E-state index is -0.471. The van der Waals surface area contributed by atoms with E-state index in [9.17, 15) is 14.9 Å². The second kappa shape index (κ2) is 11.7. The van der Waals surface area contributed by atoms with E-state index in [0.717, 1.165) is 5.56 Å². The topological polar surface area (TPSA) is 113 Å². The van der Waals surface area contributed by atoms with Crippen LogP contribution in [-0.4, -0.2) is 56.9 Å². The molecule has 0 bridgehead atoms. The van der Waals surface area contributed by atoms with Gasteiger partial charge in [0, 0.05) is 25.3 Å². The van der Waals surface area contributed by atoms with Gasteiger partial charge in [0.2, 0.25) is 0 Å². The third-order valence-corrected chi connectivity index (χ3v) is 5.10. The molecule has 1 atom stereocenters. The lowest BCUT2D eigenvalue weighted by molar-refractivity contribution is -0.117. The van der Waals surface area contributed by atoms with Crippen LogP contribution in [0, 0.1) is 11.3 Å². The molecule has 2 rings (SSSR count). The molecule has 0 aliphatic carbocycles. The van der Waals surface area contributed by atoms with Crippen molar-refractivity contribution in [3.63, 3.8) is 0 Å². The number of hydrogen-bond acceptors (Lipinski definition) is 7. The SMILES string of the molecule is CCOC(=O)N1CCC(N/C=C(/C#N)C(=O)NC(C)c2ccc(OC)c(OC)c2)CC1.